The van der Waals surface area contributed by atoms with Crippen LogP contribution in [0.3, 0.4) is 0 Å². The van der Waals surface area contributed by atoms with Crippen LogP contribution in [-0.4, -0.2) is 22.4 Å². The fraction of sp³-hybridized carbons (Fsp3) is 0.538. The number of aliphatic hydroxyl groups excluding tert-OH is 1. The highest BCUT2D eigenvalue weighted by Gasteiger charge is 2.20. The van der Waals surface area contributed by atoms with Crippen LogP contribution in [0.15, 0.2) is 21.1 Å². The highest BCUT2D eigenvalue weighted by molar-refractivity contribution is 9.11. The van der Waals surface area contributed by atoms with Gasteiger partial charge in [0.2, 0.25) is 0 Å². The van der Waals surface area contributed by atoms with E-state index in [4.69, 9.17) is 0 Å². The molecule has 100 valence electrons. The van der Waals surface area contributed by atoms with Crippen LogP contribution in [0.25, 0.3) is 0 Å². The van der Waals surface area contributed by atoms with Gasteiger partial charge in [-0.3, -0.25) is 0 Å². The van der Waals surface area contributed by atoms with Gasteiger partial charge in [-0.05, 0) is 59.3 Å². The van der Waals surface area contributed by atoms with Crippen LogP contribution in [0.1, 0.15) is 31.2 Å². The number of rotatable bonds is 3. The lowest BCUT2D eigenvalue weighted by Gasteiger charge is -2.27. The lowest BCUT2D eigenvalue weighted by atomic mass is 9.93. The highest BCUT2D eigenvalue weighted by Crippen LogP contribution is 2.33. The van der Waals surface area contributed by atoms with Gasteiger partial charge in [-0.1, -0.05) is 15.9 Å². The SMILES string of the molecule is Oc1ccc(Br)c(CNC2CCCC(O)C2)c1Br. The first-order valence-corrected chi connectivity index (χ1v) is 7.74. The molecule has 1 fully saturated rings. The van der Waals surface area contributed by atoms with E-state index in [1.807, 2.05) is 6.07 Å². The predicted octanol–water partition coefficient (Wildman–Crippen LogP) is 3.31. The van der Waals surface area contributed by atoms with E-state index in [0.717, 1.165) is 40.2 Å². The van der Waals surface area contributed by atoms with Crippen LogP contribution in [-0.2, 0) is 6.54 Å². The monoisotopic (exact) mass is 377 g/mol. The molecule has 2 rings (SSSR count). The minimum atomic E-state index is -0.174. The molecule has 0 spiro atoms. The maximum absolute atomic E-state index is 9.67. The van der Waals surface area contributed by atoms with Crippen molar-refractivity contribution < 1.29 is 10.2 Å². The lowest BCUT2D eigenvalue weighted by molar-refractivity contribution is 0.111. The molecule has 3 nitrogen and oxygen atoms in total. The summed E-state index contributed by atoms with van der Waals surface area (Å²) in [4.78, 5) is 0. The first kappa shape index (κ1) is 14.3. The first-order chi connectivity index (χ1) is 8.58. The van der Waals surface area contributed by atoms with Crippen LogP contribution < -0.4 is 5.32 Å². The molecule has 0 heterocycles. The number of phenols is 1. The number of benzene rings is 1. The normalized spacial score (nSPS) is 24.2. The summed E-state index contributed by atoms with van der Waals surface area (Å²) in [6.45, 7) is 0.674. The molecule has 2 unspecified atom stereocenters. The zero-order valence-corrected chi connectivity index (χ0v) is 13.2. The number of phenolic OH excluding ortho intramolecular Hbond substituents is 1. The fourth-order valence-corrected chi connectivity index (χ4v) is 3.57. The van der Waals surface area contributed by atoms with Gasteiger partial charge < -0.3 is 15.5 Å². The van der Waals surface area contributed by atoms with Crippen molar-refractivity contribution in [2.24, 2.45) is 0 Å². The van der Waals surface area contributed by atoms with Crippen molar-refractivity contribution in [3.8, 4) is 5.75 Å². The van der Waals surface area contributed by atoms with Crippen LogP contribution in [0, 0.1) is 0 Å². The second-order valence-electron chi connectivity index (χ2n) is 4.76. The molecule has 1 saturated carbocycles. The third-order valence-corrected chi connectivity index (χ3v) is 5.01. The Hall–Kier alpha value is -0.100. The lowest BCUT2D eigenvalue weighted by Crippen LogP contribution is -2.35. The molecule has 0 saturated heterocycles. The molecule has 0 radical (unpaired) electrons. The number of aromatic hydroxyl groups is 1. The Morgan fingerprint density at radius 2 is 2.06 bits per heavy atom. The molecule has 0 bridgehead atoms. The summed E-state index contributed by atoms with van der Waals surface area (Å²) in [5, 5.41) is 22.7. The molecule has 1 aromatic rings. The Labute approximate surface area is 124 Å². The number of nitrogens with one attached hydrogen (secondary N) is 1. The van der Waals surface area contributed by atoms with E-state index in [0.29, 0.717) is 12.6 Å². The molecular formula is C13H17Br2NO2. The molecule has 5 heteroatoms. The summed E-state index contributed by atoms with van der Waals surface area (Å²) in [5.41, 5.74) is 1.01. The summed E-state index contributed by atoms with van der Waals surface area (Å²) < 4.78 is 1.69. The summed E-state index contributed by atoms with van der Waals surface area (Å²) in [7, 11) is 0. The third-order valence-electron chi connectivity index (χ3n) is 3.38. The summed E-state index contributed by atoms with van der Waals surface area (Å²) in [6, 6.07) is 3.85. The van der Waals surface area contributed by atoms with Gasteiger partial charge in [0.05, 0.1) is 10.6 Å². The van der Waals surface area contributed by atoms with Crippen molar-refractivity contribution in [3.05, 3.63) is 26.6 Å². The number of halogens is 2. The molecular weight excluding hydrogens is 362 g/mol. The quantitative estimate of drug-likeness (QED) is 0.756. The van der Waals surface area contributed by atoms with Crippen LogP contribution in [0.4, 0.5) is 0 Å². The molecule has 18 heavy (non-hydrogen) atoms. The minimum absolute atomic E-state index is 0.174. The Morgan fingerprint density at radius 1 is 1.28 bits per heavy atom. The predicted molar refractivity (Wildman–Crippen MR) is 78.6 cm³/mol. The zero-order valence-electron chi connectivity index (χ0n) is 10.00. The van der Waals surface area contributed by atoms with E-state index < -0.39 is 0 Å². The highest BCUT2D eigenvalue weighted by atomic mass is 79.9. The molecule has 0 aliphatic heterocycles. The summed E-state index contributed by atoms with van der Waals surface area (Å²) in [6.07, 6.45) is 3.73. The van der Waals surface area contributed by atoms with E-state index in [9.17, 15) is 10.2 Å². The second kappa shape index (κ2) is 6.37. The zero-order chi connectivity index (χ0) is 13.1. The molecule has 0 amide bonds. The van der Waals surface area contributed by atoms with Crippen LogP contribution in [0.5, 0.6) is 5.75 Å². The van der Waals surface area contributed by atoms with Gasteiger partial charge in [0, 0.05) is 17.1 Å². The Bertz CT molecular complexity index is 426. The maximum atomic E-state index is 9.67. The summed E-state index contributed by atoms with van der Waals surface area (Å²) in [5.74, 6) is 0.249. The topological polar surface area (TPSA) is 52.5 Å². The smallest absolute Gasteiger partial charge is 0.130 e. The van der Waals surface area contributed by atoms with Crippen LogP contribution in [0.2, 0.25) is 0 Å². The van der Waals surface area contributed by atoms with Gasteiger partial charge in [0.1, 0.15) is 5.75 Å². The Morgan fingerprint density at radius 3 is 2.78 bits per heavy atom. The number of aliphatic hydroxyl groups is 1. The minimum Gasteiger partial charge on any atom is -0.507 e. The van der Waals surface area contributed by atoms with Crippen molar-refractivity contribution in [1.29, 1.82) is 0 Å². The third kappa shape index (κ3) is 3.47. The Kier molecular flexibility index (Phi) is 5.06. The van der Waals surface area contributed by atoms with E-state index in [-0.39, 0.29) is 11.9 Å². The molecule has 1 aromatic carbocycles. The molecule has 3 N–H and O–H groups in total. The first-order valence-electron chi connectivity index (χ1n) is 6.15. The Balaban J connectivity index is 1.99. The van der Waals surface area contributed by atoms with Gasteiger partial charge >= 0.3 is 0 Å². The molecule has 1 aliphatic rings. The largest absolute Gasteiger partial charge is 0.507 e. The van der Waals surface area contributed by atoms with E-state index in [1.165, 1.54) is 0 Å². The second-order valence-corrected chi connectivity index (χ2v) is 6.40. The van der Waals surface area contributed by atoms with Gasteiger partial charge in [-0.15, -0.1) is 0 Å². The maximum Gasteiger partial charge on any atom is 0.130 e. The number of hydrogen-bond donors (Lipinski definition) is 3. The van der Waals surface area contributed by atoms with Crippen molar-refractivity contribution in [1.82, 2.24) is 5.32 Å². The average molecular weight is 379 g/mol. The van der Waals surface area contributed by atoms with Gasteiger partial charge in [-0.25, -0.2) is 0 Å². The van der Waals surface area contributed by atoms with E-state index in [1.54, 1.807) is 6.07 Å². The number of hydrogen-bond acceptors (Lipinski definition) is 3. The van der Waals surface area contributed by atoms with Crippen LogP contribution >= 0.6 is 31.9 Å². The molecule has 1 aliphatic carbocycles. The van der Waals surface area contributed by atoms with E-state index >= 15 is 0 Å². The standard InChI is InChI=1S/C13H17Br2NO2/c14-11-4-5-12(18)13(15)10(11)7-16-8-2-1-3-9(17)6-8/h4-5,8-9,16-18H,1-3,6-7H2. The van der Waals surface area contributed by atoms with Gasteiger partial charge in [0.25, 0.3) is 0 Å². The van der Waals surface area contributed by atoms with Gasteiger partial charge in [0.15, 0.2) is 0 Å². The van der Waals surface area contributed by atoms with Gasteiger partial charge in [-0.2, -0.15) is 0 Å². The van der Waals surface area contributed by atoms with Crippen molar-refractivity contribution in [3.63, 3.8) is 0 Å². The molecule has 2 atom stereocenters. The average Bonchev–Trinajstić information content (AvgIpc) is 2.34. The fourth-order valence-electron chi connectivity index (χ4n) is 2.34. The van der Waals surface area contributed by atoms with E-state index in [2.05, 4.69) is 37.2 Å². The summed E-state index contributed by atoms with van der Waals surface area (Å²) >= 11 is 6.89. The van der Waals surface area contributed by atoms with Crippen molar-refractivity contribution >= 4 is 31.9 Å². The van der Waals surface area contributed by atoms with Crippen molar-refractivity contribution in [2.45, 2.75) is 44.4 Å². The molecule has 0 aromatic heterocycles. The van der Waals surface area contributed by atoms with Crippen molar-refractivity contribution in [2.75, 3.05) is 0 Å².